The van der Waals surface area contributed by atoms with Gasteiger partial charge in [-0.25, -0.2) is 0 Å². The van der Waals surface area contributed by atoms with E-state index >= 15 is 0 Å². The molecule has 0 fully saturated rings. The van der Waals surface area contributed by atoms with Crippen LogP contribution in [0.3, 0.4) is 0 Å². The average molecular weight is 327 g/mol. The summed E-state index contributed by atoms with van der Waals surface area (Å²) in [5.41, 5.74) is 3.26. The standard InChI is InChI=1S/C20H25NO3/c1-15-6-3-4-8-18(15)14-24-19-9-5-7-17(12-19)13-20(23)21-11-10-16(2)22/h3-9,12,16,22H,10-11,13-14H2,1-2H3,(H,21,23). The zero-order valence-corrected chi connectivity index (χ0v) is 14.3. The smallest absolute Gasteiger partial charge is 0.224 e. The molecule has 0 spiro atoms. The Morgan fingerprint density at radius 3 is 2.75 bits per heavy atom. The monoisotopic (exact) mass is 327 g/mol. The van der Waals surface area contributed by atoms with E-state index in [4.69, 9.17) is 4.74 Å². The number of aryl methyl sites for hydroxylation is 1. The highest BCUT2D eigenvalue weighted by molar-refractivity contribution is 5.78. The number of nitrogens with one attached hydrogen (secondary N) is 1. The first-order valence-corrected chi connectivity index (χ1v) is 8.25. The van der Waals surface area contributed by atoms with Crippen molar-refractivity contribution in [2.45, 2.75) is 39.4 Å². The lowest BCUT2D eigenvalue weighted by Gasteiger charge is -2.10. The van der Waals surface area contributed by atoms with Crippen LogP contribution in [0.15, 0.2) is 48.5 Å². The Kier molecular flexibility index (Phi) is 6.82. The molecule has 4 nitrogen and oxygen atoms in total. The van der Waals surface area contributed by atoms with Gasteiger partial charge >= 0.3 is 0 Å². The van der Waals surface area contributed by atoms with Crippen LogP contribution in [0.4, 0.5) is 0 Å². The van der Waals surface area contributed by atoms with Crippen LogP contribution in [0, 0.1) is 6.92 Å². The molecule has 0 aliphatic carbocycles. The highest BCUT2D eigenvalue weighted by atomic mass is 16.5. The van der Waals surface area contributed by atoms with Gasteiger partial charge < -0.3 is 15.2 Å². The number of carbonyl (C=O) groups excluding carboxylic acids is 1. The Morgan fingerprint density at radius 1 is 1.21 bits per heavy atom. The Labute approximate surface area is 143 Å². The van der Waals surface area contributed by atoms with Crippen LogP contribution in [0.25, 0.3) is 0 Å². The van der Waals surface area contributed by atoms with Crippen molar-refractivity contribution >= 4 is 5.91 Å². The van der Waals surface area contributed by atoms with E-state index in [1.54, 1.807) is 6.92 Å². The SMILES string of the molecule is Cc1ccccc1COc1cccc(CC(=O)NCCC(C)O)c1. The van der Waals surface area contributed by atoms with Crippen molar-refractivity contribution in [3.05, 3.63) is 65.2 Å². The molecule has 2 aromatic carbocycles. The van der Waals surface area contributed by atoms with E-state index in [2.05, 4.69) is 24.4 Å². The molecule has 2 aromatic rings. The molecule has 0 aliphatic rings. The van der Waals surface area contributed by atoms with Gasteiger partial charge in [-0.2, -0.15) is 0 Å². The highest BCUT2D eigenvalue weighted by Crippen LogP contribution is 2.17. The van der Waals surface area contributed by atoms with Crippen LogP contribution in [0.1, 0.15) is 30.0 Å². The van der Waals surface area contributed by atoms with Gasteiger partial charge in [0.15, 0.2) is 0 Å². The molecule has 128 valence electrons. The number of amides is 1. The molecule has 0 radical (unpaired) electrons. The normalized spacial score (nSPS) is 11.8. The summed E-state index contributed by atoms with van der Waals surface area (Å²) < 4.78 is 5.84. The van der Waals surface area contributed by atoms with Gasteiger partial charge in [-0.05, 0) is 49.1 Å². The number of benzene rings is 2. The molecule has 0 heterocycles. The minimum absolute atomic E-state index is 0.0493. The van der Waals surface area contributed by atoms with Gasteiger partial charge in [-0.1, -0.05) is 36.4 Å². The van der Waals surface area contributed by atoms with Crippen LogP contribution < -0.4 is 10.1 Å². The summed E-state index contributed by atoms with van der Waals surface area (Å²) in [5, 5.41) is 12.0. The minimum Gasteiger partial charge on any atom is -0.489 e. The lowest BCUT2D eigenvalue weighted by Crippen LogP contribution is -2.27. The van der Waals surface area contributed by atoms with E-state index in [-0.39, 0.29) is 5.91 Å². The fourth-order valence-electron chi connectivity index (χ4n) is 2.35. The fraction of sp³-hybridized carbons (Fsp3) is 0.350. The van der Waals surface area contributed by atoms with Crippen LogP contribution in [-0.2, 0) is 17.8 Å². The van der Waals surface area contributed by atoms with Crippen molar-refractivity contribution < 1.29 is 14.6 Å². The van der Waals surface area contributed by atoms with Crippen molar-refractivity contribution in [3.8, 4) is 5.75 Å². The lowest BCUT2D eigenvalue weighted by molar-refractivity contribution is -0.120. The number of carbonyl (C=O) groups is 1. The first-order valence-electron chi connectivity index (χ1n) is 8.25. The average Bonchev–Trinajstić information content (AvgIpc) is 2.54. The minimum atomic E-state index is -0.400. The second kappa shape index (κ2) is 9.08. The Morgan fingerprint density at radius 2 is 2.00 bits per heavy atom. The third kappa shape index (κ3) is 6.05. The molecular weight excluding hydrogens is 302 g/mol. The molecule has 1 amide bonds. The topological polar surface area (TPSA) is 58.6 Å². The predicted octanol–water partition coefficient (Wildman–Crippen LogP) is 3.00. The molecule has 4 heteroatoms. The van der Waals surface area contributed by atoms with E-state index in [1.165, 1.54) is 5.56 Å². The molecule has 1 atom stereocenters. The largest absolute Gasteiger partial charge is 0.489 e. The third-order valence-corrected chi connectivity index (χ3v) is 3.80. The summed E-state index contributed by atoms with van der Waals surface area (Å²) >= 11 is 0. The van der Waals surface area contributed by atoms with Gasteiger partial charge in [-0.3, -0.25) is 4.79 Å². The number of ether oxygens (including phenoxy) is 1. The Hall–Kier alpha value is -2.33. The zero-order chi connectivity index (χ0) is 17.4. The molecular formula is C20H25NO3. The highest BCUT2D eigenvalue weighted by Gasteiger charge is 2.06. The molecule has 24 heavy (non-hydrogen) atoms. The van der Waals surface area contributed by atoms with Crippen molar-refractivity contribution in [2.24, 2.45) is 0 Å². The fourth-order valence-corrected chi connectivity index (χ4v) is 2.35. The maximum Gasteiger partial charge on any atom is 0.224 e. The first-order chi connectivity index (χ1) is 11.5. The molecule has 2 rings (SSSR count). The number of hydrogen-bond donors (Lipinski definition) is 2. The van der Waals surface area contributed by atoms with Crippen LogP contribution in [0.2, 0.25) is 0 Å². The third-order valence-electron chi connectivity index (χ3n) is 3.80. The summed E-state index contributed by atoms with van der Waals surface area (Å²) in [6, 6.07) is 15.7. The summed E-state index contributed by atoms with van der Waals surface area (Å²) in [6.07, 6.45) is 0.468. The molecule has 0 saturated carbocycles. The van der Waals surface area contributed by atoms with Gasteiger partial charge in [0.1, 0.15) is 12.4 Å². The molecule has 1 unspecified atom stereocenters. The van der Waals surface area contributed by atoms with Gasteiger partial charge in [0, 0.05) is 6.54 Å². The summed E-state index contributed by atoms with van der Waals surface area (Å²) in [6.45, 7) is 4.77. The lowest BCUT2D eigenvalue weighted by atomic mass is 10.1. The summed E-state index contributed by atoms with van der Waals surface area (Å²) in [4.78, 5) is 11.9. The summed E-state index contributed by atoms with van der Waals surface area (Å²) in [5.74, 6) is 0.708. The van der Waals surface area contributed by atoms with Crippen LogP contribution in [0.5, 0.6) is 5.75 Å². The van der Waals surface area contributed by atoms with Crippen molar-refractivity contribution in [3.63, 3.8) is 0 Å². The van der Waals surface area contributed by atoms with E-state index in [0.29, 0.717) is 26.0 Å². The van der Waals surface area contributed by atoms with E-state index in [1.807, 2.05) is 36.4 Å². The maximum absolute atomic E-state index is 11.9. The van der Waals surface area contributed by atoms with Crippen LogP contribution >= 0.6 is 0 Å². The van der Waals surface area contributed by atoms with Crippen molar-refractivity contribution in [1.29, 1.82) is 0 Å². The van der Waals surface area contributed by atoms with Gasteiger partial charge in [0.05, 0.1) is 12.5 Å². The maximum atomic E-state index is 11.9. The molecule has 0 saturated heterocycles. The first kappa shape index (κ1) is 18.0. The van der Waals surface area contributed by atoms with E-state index < -0.39 is 6.10 Å². The van der Waals surface area contributed by atoms with Gasteiger partial charge in [0.25, 0.3) is 0 Å². The number of aliphatic hydroxyl groups is 1. The second-order valence-electron chi connectivity index (χ2n) is 6.03. The second-order valence-corrected chi connectivity index (χ2v) is 6.03. The Bertz CT molecular complexity index is 667. The number of aliphatic hydroxyl groups excluding tert-OH is 1. The zero-order valence-electron chi connectivity index (χ0n) is 14.3. The van der Waals surface area contributed by atoms with Crippen molar-refractivity contribution in [1.82, 2.24) is 5.32 Å². The number of rotatable bonds is 8. The Balaban J connectivity index is 1.87. The molecule has 0 bridgehead atoms. The van der Waals surface area contributed by atoms with Gasteiger partial charge in [0.2, 0.25) is 5.91 Å². The van der Waals surface area contributed by atoms with Gasteiger partial charge in [-0.15, -0.1) is 0 Å². The molecule has 0 aliphatic heterocycles. The quantitative estimate of drug-likeness (QED) is 0.783. The van der Waals surface area contributed by atoms with E-state index in [9.17, 15) is 9.90 Å². The molecule has 0 aromatic heterocycles. The molecule has 2 N–H and O–H groups in total. The predicted molar refractivity (Wildman–Crippen MR) is 95.0 cm³/mol. The van der Waals surface area contributed by atoms with E-state index in [0.717, 1.165) is 16.9 Å². The van der Waals surface area contributed by atoms with Crippen molar-refractivity contribution in [2.75, 3.05) is 6.54 Å². The number of hydrogen-bond acceptors (Lipinski definition) is 3. The summed E-state index contributed by atoms with van der Waals surface area (Å²) in [7, 11) is 0. The van der Waals surface area contributed by atoms with Crippen LogP contribution in [-0.4, -0.2) is 23.7 Å².